The Morgan fingerprint density at radius 1 is 0.259 bits per heavy atom. The van der Waals surface area contributed by atoms with Crippen LogP contribution in [0.4, 0.5) is 0 Å². The van der Waals surface area contributed by atoms with Gasteiger partial charge >= 0.3 is 17.9 Å². The van der Waals surface area contributed by atoms with Crippen LogP contribution in [0.2, 0.25) is 0 Å². The van der Waals surface area contributed by atoms with Gasteiger partial charge in [0, 0.05) is 19.3 Å². The van der Waals surface area contributed by atoms with Crippen molar-refractivity contribution in [3.63, 3.8) is 0 Å². The molecule has 81 heavy (non-hydrogen) atoms. The number of hydrogen-bond donors (Lipinski definition) is 0. The van der Waals surface area contributed by atoms with E-state index >= 15 is 0 Å². The third-order valence-electron chi connectivity index (χ3n) is 15.1. The van der Waals surface area contributed by atoms with Crippen LogP contribution in [0.25, 0.3) is 0 Å². The standard InChI is InChI=1S/C75H130O6/c1-4-7-10-13-15-17-19-21-23-25-27-29-31-33-35-36-37-38-40-41-43-45-47-49-51-53-55-57-59-62-65-68-74(77)80-71-72(70-79-73(76)67-64-61-12-9-6-3)81-75(78)69-66-63-60-58-56-54-52-50-48-46-44-42-39-34-32-30-28-26-24-22-20-18-16-14-11-8-5-2/h8,11,16,18,22,24-25,27-28,30,34,39,44,46,50,52,72H,4-7,9-10,12-15,17,19-21,23,26,29,31-33,35-38,40-43,45,47-49,51,53-71H2,1-3H3/b11-8-,18-16-,24-22-,27-25-,30-28-,39-34-,46-44-,52-50-. The fourth-order valence-electron chi connectivity index (χ4n) is 9.89. The minimum atomic E-state index is -0.785. The maximum atomic E-state index is 12.8. The molecule has 0 saturated heterocycles. The first-order valence-corrected chi connectivity index (χ1v) is 34.7. The molecule has 1 atom stereocenters. The first-order valence-electron chi connectivity index (χ1n) is 34.7. The number of ether oxygens (including phenoxy) is 3. The van der Waals surface area contributed by atoms with E-state index in [1.54, 1.807) is 0 Å². The van der Waals surface area contributed by atoms with Gasteiger partial charge in [-0.15, -0.1) is 0 Å². The number of carbonyl (C=O) groups is 3. The predicted octanol–water partition coefficient (Wildman–Crippen LogP) is 24.0. The molecular weight excluding hydrogens is 997 g/mol. The van der Waals surface area contributed by atoms with Crippen molar-refractivity contribution in [3.8, 4) is 0 Å². The molecule has 0 heterocycles. The Kier molecular flexibility index (Phi) is 65.7. The van der Waals surface area contributed by atoms with Crippen LogP contribution in [0, 0.1) is 0 Å². The lowest BCUT2D eigenvalue weighted by molar-refractivity contribution is -0.167. The average molecular weight is 1130 g/mol. The molecule has 6 heteroatoms. The summed E-state index contributed by atoms with van der Waals surface area (Å²) in [6.07, 6.45) is 93.5. The zero-order chi connectivity index (χ0) is 58.5. The molecule has 0 aliphatic heterocycles. The van der Waals surface area contributed by atoms with Crippen LogP contribution in [-0.2, 0) is 28.6 Å². The highest BCUT2D eigenvalue weighted by atomic mass is 16.6. The third kappa shape index (κ3) is 67.0. The second-order valence-corrected chi connectivity index (χ2v) is 23.1. The molecule has 0 fully saturated rings. The highest BCUT2D eigenvalue weighted by Gasteiger charge is 2.19. The summed E-state index contributed by atoms with van der Waals surface area (Å²) in [4.78, 5) is 38.0. The van der Waals surface area contributed by atoms with E-state index in [2.05, 4.69) is 118 Å². The van der Waals surface area contributed by atoms with E-state index in [0.717, 1.165) is 128 Å². The van der Waals surface area contributed by atoms with E-state index in [1.165, 1.54) is 173 Å². The Labute approximate surface area is 502 Å². The van der Waals surface area contributed by atoms with Gasteiger partial charge in [-0.3, -0.25) is 14.4 Å². The second-order valence-electron chi connectivity index (χ2n) is 23.1. The van der Waals surface area contributed by atoms with Crippen LogP contribution in [0.5, 0.6) is 0 Å². The summed E-state index contributed by atoms with van der Waals surface area (Å²) in [5, 5.41) is 0. The molecule has 0 amide bonds. The van der Waals surface area contributed by atoms with Gasteiger partial charge in [0.15, 0.2) is 6.10 Å². The molecule has 0 aromatic carbocycles. The van der Waals surface area contributed by atoms with Crippen molar-refractivity contribution in [1.82, 2.24) is 0 Å². The third-order valence-corrected chi connectivity index (χ3v) is 15.1. The fraction of sp³-hybridized carbons (Fsp3) is 0.747. The number of unbranched alkanes of at least 4 members (excludes halogenated alkanes) is 36. The predicted molar refractivity (Wildman–Crippen MR) is 353 cm³/mol. The molecule has 1 unspecified atom stereocenters. The molecule has 0 aliphatic rings. The highest BCUT2D eigenvalue weighted by molar-refractivity contribution is 5.71. The van der Waals surface area contributed by atoms with Crippen molar-refractivity contribution in [3.05, 3.63) is 97.2 Å². The van der Waals surface area contributed by atoms with Gasteiger partial charge in [0.1, 0.15) is 13.2 Å². The van der Waals surface area contributed by atoms with Gasteiger partial charge in [0.05, 0.1) is 0 Å². The minimum Gasteiger partial charge on any atom is -0.462 e. The monoisotopic (exact) mass is 1130 g/mol. The fourth-order valence-corrected chi connectivity index (χ4v) is 9.89. The summed E-state index contributed by atoms with van der Waals surface area (Å²) in [6.45, 7) is 6.46. The molecule has 0 saturated carbocycles. The topological polar surface area (TPSA) is 78.9 Å². The van der Waals surface area contributed by atoms with Gasteiger partial charge in [0.2, 0.25) is 0 Å². The quantitative estimate of drug-likeness (QED) is 0.0261. The molecule has 0 aromatic rings. The molecular formula is C75H130O6. The summed E-state index contributed by atoms with van der Waals surface area (Å²) in [7, 11) is 0. The molecule has 0 rings (SSSR count). The summed E-state index contributed by atoms with van der Waals surface area (Å²) < 4.78 is 16.8. The van der Waals surface area contributed by atoms with Crippen LogP contribution in [0.3, 0.4) is 0 Å². The van der Waals surface area contributed by atoms with Crippen LogP contribution >= 0.6 is 0 Å². The maximum Gasteiger partial charge on any atom is 0.306 e. The lowest BCUT2D eigenvalue weighted by Crippen LogP contribution is -2.30. The van der Waals surface area contributed by atoms with Crippen molar-refractivity contribution in [2.24, 2.45) is 0 Å². The van der Waals surface area contributed by atoms with E-state index in [9.17, 15) is 14.4 Å². The highest BCUT2D eigenvalue weighted by Crippen LogP contribution is 2.17. The van der Waals surface area contributed by atoms with Gasteiger partial charge in [-0.05, 0) is 103 Å². The molecule has 0 bridgehead atoms. The Morgan fingerprint density at radius 3 is 0.765 bits per heavy atom. The van der Waals surface area contributed by atoms with Gasteiger partial charge in [0.25, 0.3) is 0 Å². The summed E-state index contributed by atoms with van der Waals surface area (Å²) >= 11 is 0. The van der Waals surface area contributed by atoms with E-state index in [-0.39, 0.29) is 31.1 Å². The van der Waals surface area contributed by atoms with Crippen molar-refractivity contribution in [2.75, 3.05) is 13.2 Å². The molecule has 0 radical (unpaired) electrons. The zero-order valence-corrected chi connectivity index (χ0v) is 53.5. The Balaban J connectivity index is 4.02. The summed E-state index contributed by atoms with van der Waals surface area (Å²) in [5.74, 6) is -0.906. The van der Waals surface area contributed by atoms with Gasteiger partial charge in [-0.25, -0.2) is 0 Å². The largest absolute Gasteiger partial charge is 0.462 e. The number of carbonyl (C=O) groups excluding carboxylic acids is 3. The van der Waals surface area contributed by atoms with Crippen LogP contribution in [-0.4, -0.2) is 37.2 Å². The number of esters is 3. The van der Waals surface area contributed by atoms with Crippen LogP contribution in [0.1, 0.15) is 342 Å². The Hall–Kier alpha value is -3.67. The van der Waals surface area contributed by atoms with Crippen molar-refractivity contribution < 1.29 is 28.6 Å². The SMILES string of the molecule is CC/C=C\C/C=C\C/C=C\C/C=C\C/C=C\C/C=C\C/C=C\CCCCCCCC(=O)OC(COC(=O)CCCCCCC)COC(=O)CCCCCCCCCCCCCCCCCCCCC/C=C\CCCCCCCCCC. The number of rotatable bonds is 63. The van der Waals surface area contributed by atoms with E-state index in [1.807, 2.05) is 0 Å². The van der Waals surface area contributed by atoms with E-state index in [4.69, 9.17) is 14.2 Å². The van der Waals surface area contributed by atoms with Gasteiger partial charge < -0.3 is 14.2 Å². The lowest BCUT2D eigenvalue weighted by atomic mass is 10.0. The maximum absolute atomic E-state index is 12.8. The average Bonchev–Trinajstić information content (AvgIpc) is 3.47. The molecule has 0 N–H and O–H groups in total. The second kappa shape index (κ2) is 68.8. The zero-order valence-electron chi connectivity index (χ0n) is 53.5. The van der Waals surface area contributed by atoms with Crippen molar-refractivity contribution in [2.45, 2.75) is 348 Å². The van der Waals surface area contributed by atoms with Gasteiger partial charge in [-0.1, -0.05) is 317 Å². The molecule has 0 aromatic heterocycles. The Bertz CT molecular complexity index is 1580. The first kappa shape index (κ1) is 77.3. The summed E-state index contributed by atoms with van der Waals surface area (Å²) in [6, 6.07) is 0. The lowest BCUT2D eigenvalue weighted by Gasteiger charge is -2.18. The normalized spacial score (nSPS) is 12.7. The van der Waals surface area contributed by atoms with Crippen molar-refractivity contribution >= 4 is 17.9 Å². The minimum absolute atomic E-state index is 0.0833. The molecule has 466 valence electrons. The number of hydrogen-bond acceptors (Lipinski definition) is 6. The molecule has 6 nitrogen and oxygen atoms in total. The van der Waals surface area contributed by atoms with Crippen LogP contribution < -0.4 is 0 Å². The smallest absolute Gasteiger partial charge is 0.306 e. The molecule has 0 aliphatic carbocycles. The molecule has 0 spiro atoms. The number of allylic oxidation sites excluding steroid dienone is 16. The van der Waals surface area contributed by atoms with E-state index < -0.39 is 6.10 Å². The first-order chi connectivity index (χ1) is 40.0. The van der Waals surface area contributed by atoms with Gasteiger partial charge in [-0.2, -0.15) is 0 Å². The van der Waals surface area contributed by atoms with Crippen LogP contribution in [0.15, 0.2) is 97.2 Å². The van der Waals surface area contributed by atoms with E-state index in [0.29, 0.717) is 19.3 Å². The summed E-state index contributed by atoms with van der Waals surface area (Å²) in [5.41, 5.74) is 0. The Morgan fingerprint density at radius 2 is 0.481 bits per heavy atom. The van der Waals surface area contributed by atoms with Crippen molar-refractivity contribution in [1.29, 1.82) is 0 Å².